The predicted octanol–water partition coefficient (Wildman–Crippen LogP) is 5.99. The Labute approximate surface area is 240 Å². The summed E-state index contributed by atoms with van der Waals surface area (Å²) in [6.07, 6.45) is 5.89. The summed E-state index contributed by atoms with van der Waals surface area (Å²) in [5, 5.41) is 3.44. The molecule has 0 bridgehead atoms. The molecule has 5 rings (SSSR count). The Bertz CT molecular complexity index is 1670. The number of rotatable bonds is 8. The third-order valence-electron chi connectivity index (χ3n) is 7.79. The number of pyridine rings is 1. The molecule has 0 atom stereocenters. The highest BCUT2D eigenvalue weighted by Crippen LogP contribution is 2.30. The van der Waals surface area contributed by atoms with Crippen molar-refractivity contribution in [3.63, 3.8) is 0 Å². The smallest absolute Gasteiger partial charge is 0.223 e. The monoisotopic (exact) mass is 579 g/mol. The molecule has 0 saturated heterocycles. The molecule has 2 aromatic heterocycles. The topological polar surface area (TPSA) is 88.1 Å². The minimum Gasteiger partial charge on any atom is -0.351 e. The van der Waals surface area contributed by atoms with Gasteiger partial charge in [-0.05, 0) is 83.0 Å². The Kier molecular flexibility index (Phi) is 8.33. The van der Waals surface area contributed by atoms with E-state index in [-0.39, 0.29) is 22.6 Å². The van der Waals surface area contributed by atoms with Crippen molar-refractivity contribution in [1.29, 1.82) is 0 Å². The highest BCUT2D eigenvalue weighted by molar-refractivity contribution is 7.89. The van der Waals surface area contributed by atoms with Gasteiger partial charge in [-0.1, -0.05) is 29.8 Å². The first-order valence-corrected chi connectivity index (χ1v) is 15.6. The number of aromatic nitrogens is 3. The van der Waals surface area contributed by atoms with E-state index in [0.717, 1.165) is 48.9 Å². The standard InChI is InChI=1S/C31H35F2N5O2S/c1-19-5-7-21(8-6-19)17-41(39,40)18-22-14-27(33)25(15-26(22)32)28-13-20(2)30-29(36-28)16-34-31(37-30)35-23-9-11-24(12-10-23)38(3)4/h5-8,13-16,23-24H,9-12,17-18H2,1-4H3,(H,34,35,37). The lowest BCUT2D eigenvalue weighted by Crippen LogP contribution is -2.36. The summed E-state index contributed by atoms with van der Waals surface area (Å²) in [4.78, 5) is 15.9. The van der Waals surface area contributed by atoms with Gasteiger partial charge in [0.15, 0.2) is 9.84 Å². The molecule has 1 saturated carbocycles. The Morgan fingerprint density at radius 3 is 2.32 bits per heavy atom. The van der Waals surface area contributed by atoms with Crippen LogP contribution in [0.15, 0.2) is 48.7 Å². The van der Waals surface area contributed by atoms with Crippen LogP contribution >= 0.6 is 0 Å². The van der Waals surface area contributed by atoms with Gasteiger partial charge < -0.3 is 10.2 Å². The fourth-order valence-electron chi connectivity index (χ4n) is 5.43. The molecule has 2 heterocycles. The summed E-state index contributed by atoms with van der Waals surface area (Å²) in [5.41, 5.74) is 3.42. The zero-order valence-electron chi connectivity index (χ0n) is 23.8. The number of sulfone groups is 1. The third-order valence-corrected chi connectivity index (χ3v) is 9.32. The molecular formula is C31H35F2N5O2S. The number of nitrogens with one attached hydrogen (secondary N) is 1. The zero-order chi connectivity index (χ0) is 29.3. The number of fused-ring (bicyclic) bond motifs is 1. The van der Waals surface area contributed by atoms with Gasteiger partial charge in [0.05, 0.1) is 28.9 Å². The lowest BCUT2D eigenvalue weighted by atomic mass is 9.91. The summed E-state index contributed by atoms with van der Waals surface area (Å²) >= 11 is 0. The average molecular weight is 580 g/mol. The minimum absolute atomic E-state index is 0.0490. The Balaban J connectivity index is 1.34. The van der Waals surface area contributed by atoms with E-state index in [1.807, 2.05) is 26.0 Å². The van der Waals surface area contributed by atoms with Crippen LogP contribution in [0.3, 0.4) is 0 Å². The molecule has 2 aromatic carbocycles. The number of nitrogens with zero attached hydrogens (tertiary/aromatic N) is 4. The van der Waals surface area contributed by atoms with Crippen molar-refractivity contribution >= 4 is 26.8 Å². The van der Waals surface area contributed by atoms with E-state index in [0.29, 0.717) is 34.6 Å². The number of anilines is 1. The minimum atomic E-state index is -3.72. The van der Waals surface area contributed by atoms with E-state index in [2.05, 4.69) is 39.3 Å². The fraction of sp³-hybridized carbons (Fsp3) is 0.387. The molecule has 1 N–H and O–H groups in total. The maximum atomic E-state index is 15.3. The van der Waals surface area contributed by atoms with Gasteiger partial charge in [0.1, 0.15) is 17.2 Å². The van der Waals surface area contributed by atoms with Crippen LogP contribution in [0.2, 0.25) is 0 Å². The second-order valence-corrected chi connectivity index (χ2v) is 13.4. The van der Waals surface area contributed by atoms with Gasteiger partial charge in [0.25, 0.3) is 0 Å². The number of aryl methyl sites for hydroxylation is 2. The first kappa shape index (κ1) is 29.0. The maximum Gasteiger partial charge on any atom is 0.223 e. The summed E-state index contributed by atoms with van der Waals surface area (Å²) in [5.74, 6) is -1.87. The van der Waals surface area contributed by atoms with Crippen LogP contribution in [0.5, 0.6) is 0 Å². The summed E-state index contributed by atoms with van der Waals surface area (Å²) < 4.78 is 55.8. The van der Waals surface area contributed by atoms with Crippen LogP contribution in [0.4, 0.5) is 14.7 Å². The van der Waals surface area contributed by atoms with Crippen LogP contribution < -0.4 is 5.32 Å². The highest BCUT2D eigenvalue weighted by atomic mass is 32.2. The second-order valence-electron chi connectivity index (χ2n) is 11.3. The van der Waals surface area contributed by atoms with Crippen molar-refractivity contribution in [3.8, 4) is 11.3 Å². The van der Waals surface area contributed by atoms with Gasteiger partial charge >= 0.3 is 0 Å². The van der Waals surface area contributed by atoms with Crippen molar-refractivity contribution in [1.82, 2.24) is 19.9 Å². The predicted molar refractivity (Wildman–Crippen MR) is 158 cm³/mol. The van der Waals surface area contributed by atoms with Crippen LogP contribution in [-0.2, 0) is 21.3 Å². The van der Waals surface area contributed by atoms with Crippen molar-refractivity contribution in [2.24, 2.45) is 0 Å². The van der Waals surface area contributed by atoms with Gasteiger partial charge in [0, 0.05) is 23.2 Å². The SMILES string of the molecule is Cc1ccc(CS(=O)(=O)Cc2cc(F)c(-c3cc(C)c4nc(NC5CCC(N(C)C)CC5)ncc4n3)cc2F)cc1. The fourth-order valence-corrected chi connectivity index (χ4v) is 6.93. The summed E-state index contributed by atoms with van der Waals surface area (Å²) in [7, 11) is 0.504. The largest absolute Gasteiger partial charge is 0.351 e. The molecule has 1 fully saturated rings. The zero-order valence-corrected chi connectivity index (χ0v) is 24.6. The van der Waals surface area contributed by atoms with Crippen molar-refractivity contribution in [2.45, 2.75) is 63.1 Å². The van der Waals surface area contributed by atoms with E-state index in [9.17, 15) is 8.42 Å². The van der Waals surface area contributed by atoms with Crippen LogP contribution in [0, 0.1) is 25.5 Å². The normalized spacial score (nSPS) is 17.7. The first-order chi connectivity index (χ1) is 19.5. The number of halogens is 2. The third kappa shape index (κ3) is 6.87. The number of benzene rings is 2. The molecule has 0 aliphatic heterocycles. The number of hydrogen-bond donors (Lipinski definition) is 1. The van der Waals surface area contributed by atoms with Crippen molar-refractivity contribution in [3.05, 3.63) is 82.5 Å². The van der Waals surface area contributed by atoms with Gasteiger partial charge in [-0.25, -0.2) is 32.2 Å². The maximum absolute atomic E-state index is 15.3. The average Bonchev–Trinajstić information content (AvgIpc) is 2.92. The van der Waals surface area contributed by atoms with E-state index in [4.69, 9.17) is 0 Å². The molecule has 41 heavy (non-hydrogen) atoms. The molecule has 0 unspecified atom stereocenters. The van der Waals surface area contributed by atoms with Crippen molar-refractivity contribution in [2.75, 3.05) is 19.4 Å². The highest BCUT2D eigenvalue weighted by Gasteiger charge is 2.23. The van der Waals surface area contributed by atoms with E-state index in [1.165, 1.54) is 0 Å². The Morgan fingerprint density at radius 2 is 1.63 bits per heavy atom. The van der Waals surface area contributed by atoms with E-state index >= 15 is 8.78 Å². The summed E-state index contributed by atoms with van der Waals surface area (Å²) in [6.45, 7) is 3.75. The van der Waals surface area contributed by atoms with Crippen LogP contribution in [0.1, 0.15) is 47.9 Å². The second kappa shape index (κ2) is 11.8. The molecule has 0 amide bonds. The van der Waals surface area contributed by atoms with E-state index in [1.54, 1.807) is 24.4 Å². The molecule has 0 spiro atoms. The van der Waals surface area contributed by atoms with Gasteiger partial charge in [-0.15, -0.1) is 0 Å². The van der Waals surface area contributed by atoms with Crippen LogP contribution in [-0.4, -0.2) is 54.4 Å². The van der Waals surface area contributed by atoms with Gasteiger partial charge in [-0.2, -0.15) is 0 Å². The summed E-state index contributed by atoms with van der Waals surface area (Å²) in [6, 6.07) is 11.6. The van der Waals surface area contributed by atoms with Gasteiger partial charge in [0.2, 0.25) is 5.95 Å². The van der Waals surface area contributed by atoms with Crippen molar-refractivity contribution < 1.29 is 17.2 Å². The van der Waals surface area contributed by atoms with E-state index < -0.39 is 27.2 Å². The Morgan fingerprint density at radius 1 is 0.927 bits per heavy atom. The molecule has 4 aromatic rings. The van der Waals surface area contributed by atoms with Gasteiger partial charge in [-0.3, -0.25) is 0 Å². The molecule has 7 nitrogen and oxygen atoms in total. The quantitative estimate of drug-likeness (QED) is 0.275. The molecule has 10 heteroatoms. The first-order valence-electron chi connectivity index (χ1n) is 13.8. The Hall–Kier alpha value is -3.50. The molecule has 1 aliphatic carbocycles. The van der Waals surface area contributed by atoms with Crippen LogP contribution in [0.25, 0.3) is 22.3 Å². The molecular weight excluding hydrogens is 544 g/mol. The number of hydrogen-bond acceptors (Lipinski definition) is 7. The molecule has 0 radical (unpaired) electrons. The molecule has 216 valence electrons. The lowest BCUT2D eigenvalue weighted by Gasteiger charge is -2.32. The molecule has 1 aliphatic rings. The lowest BCUT2D eigenvalue weighted by molar-refractivity contribution is 0.221.